The van der Waals surface area contributed by atoms with E-state index < -0.39 is 10.0 Å². The molecule has 1 aromatic heterocycles. The van der Waals surface area contributed by atoms with Gasteiger partial charge in [0.1, 0.15) is 0 Å². The summed E-state index contributed by atoms with van der Waals surface area (Å²) in [4.78, 5) is 1.58. The highest BCUT2D eigenvalue weighted by Crippen LogP contribution is 2.12. The van der Waals surface area contributed by atoms with Crippen LogP contribution in [0.5, 0.6) is 0 Å². The first-order valence-electron chi connectivity index (χ1n) is 5.62. The number of aryl methyl sites for hydroxylation is 1. The fourth-order valence-electron chi connectivity index (χ4n) is 1.53. The Morgan fingerprint density at radius 1 is 1.26 bits per heavy atom. The fraction of sp³-hybridized carbons (Fsp3) is 0.154. The molecule has 0 radical (unpaired) electrons. The van der Waals surface area contributed by atoms with Gasteiger partial charge in [0.05, 0.1) is 9.88 Å². The highest BCUT2D eigenvalue weighted by atomic mass is 32.2. The second kappa shape index (κ2) is 5.81. The molecule has 1 aromatic carbocycles. The van der Waals surface area contributed by atoms with Crippen LogP contribution in [0.2, 0.25) is 0 Å². The van der Waals surface area contributed by atoms with Crippen molar-refractivity contribution in [3.05, 3.63) is 52.2 Å². The molecule has 0 aliphatic rings. The van der Waals surface area contributed by atoms with Gasteiger partial charge in [-0.3, -0.25) is 4.72 Å². The molecule has 0 unspecified atom stereocenters. The third-order valence-electron chi connectivity index (χ3n) is 2.49. The first kappa shape index (κ1) is 14.2. The summed E-state index contributed by atoms with van der Waals surface area (Å²) in [6, 6.07) is 10.5. The number of hydrogen-bond donors (Lipinski definition) is 1. The largest absolute Gasteiger partial charge is 0.273 e. The third-order valence-corrected chi connectivity index (χ3v) is 5.15. The number of hydrogen-bond acceptors (Lipinski definition) is 4. The number of thiophene rings is 1. The summed E-state index contributed by atoms with van der Waals surface area (Å²) in [7, 11) is -3.57. The van der Waals surface area contributed by atoms with Crippen molar-refractivity contribution in [1.82, 2.24) is 4.72 Å². The number of nitrogens with one attached hydrogen (secondary N) is 1. The minimum atomic E-state index is -3.57. The van der Waals surface area contributed by atoms with Crippen LogP contribution in [0.4, 0.5) is 0 Å². The minimum Gasteiger partial charge on any atom is -0.273 e. The Hall–Kier alpha value is -1.24. The second-order valence-electron chi connectivity index (χ2n) is 4.10. The van der Waals surface area contributed by atoms with Gasteiger partial charge in [-0.15, -0.1) is 11.3 Å². The van der Waals surface area contributed by atoms with Gasteiger partial charge in [0.15, 0.2) is 0 Å². The van der Waals surface area contributed by atoms with Crippen molar-refractivity contribution in [2.75, 3.05) is 0 Å². The molecule has 2 rings (SSSR count). The molecule has 0 aliphatic carbocycles. The lowest BCUT2D eigenvalue weighted by Crippen LogP contribution is -2.30. The van der Waals surface area contributed by atoms with Crippen molar-refractivity contribution in [1.29, 1.82) is 0 Å². The SMILES string of the molecule is Cc1ccc(S(=O)(=O)NC(=S)Cc2cccs2)cc1. The monoisotopic (exact) mass is 311 g/mol. The Bertz CT molecular complexity index is 658. The number of benzene rings is 1. The maximum absolute atomic E-state index is 12.1. The molecule has 1 heterocycles. The molecule has 0 saturated heterocycles. The average molecular weight is 311 g/mol. The highest BCUT2D eigenvalue weighted by molar-refractivity contribution is 7.91. The second-order valence-corrected chi connectivity index (χ2v) is 7.31. The van der Waals surface area contributed by atoms with E-state index in [1.54, 1.807) is 35.6 Å². The molecule has 0 aliphatic heterocycles. The van der Waals surface area contributed by atoms with Crippen LogP contribution in [-0.4, -0.2) is 13.4 Å². The van der Waals surface area contributed by atoms with E-state index in [1.807, 2.05) is 24.4 Å². The van der Waals surface area contributed by atoms with Gasteiger partial charge in [0, 0.05) is 11.3 Å². The standard InChI is InChI=1S/C13H13NO2S3/c1-10-4-6-12(7-5-10)19(15,16)14-13(17)9-11-3-2-8-18-11/h2-8H,9H2,1H3,(H,14,17). The predicted molar refractivity (Wildman–Crippen MR) is 82.1 cm³/mol. The first-order valence-corrected chi connectivity index (χ1v) is 8.39. The third kappa shape index (κ3) is 3.86. The van der Waals surface area contributed by atoms with Gasteiger partial charge >= 0.3 is 0 Å². The number of rotatable bonds is 4. The topological polar surface area (TPSA) is 46.2 Å². The van der Waals surface area contributed by atoms with E-state index in [4.69, 9.17) is 12.2 Å². The van der Waals surface area contributed by atoms with Crippen LogP contribution in [0.25, 0.3) is 0 Å². The molecule has 3 nitrogen and oxygen atoms in total. The number of sulfonamides is 1. The van der Waals surface area contributed by atoms with Gasteiger partial charge in [-0.2, -0.15) is 0 Å². The van der Waals surface area contributed by atoms with Gasteiger partial charge in [0.2, 0.25) is 0 Å². The molecule has 0 amide bonds. The molecule has 19 heavy (non-hydrogen) atoms. The lowest BCUT2D eigenvalue weighted by atomic mass is 10.2. The summed E-state index contributed by atoms with van der Waals surface area (Å²) in [5, 5.41) is 1.94. The van der Waals surface area contributed by atoms with Crippen molar-refractivity contribution in [3.63, 3.8) is 0 Å². The van der Waals surface area contributed by atoms with Gasteiger partial charge in [-0.25, -0.2) is 8.42 Å². The molecule has 100 valence electrons. The normalized spacial score (nSPS) is 11.2. The van der Waals surface area contributed by atoms with Gasteiger partial charge in [0.25, 0.3) is 10.0 Å². The Kier molecular flexibility index (Phi) is 4.34. The molecule has 0 atom stereocenters. The van der Waals surface area contributed by atoms with E-state index in [0.29, 0.717) is 11.4 Å². The molecule has 2 aromatic rings. The molecule has 0 saturated carbocycles. The zero-order valence-corrected chi connectivity index (χ0v) is 12.7. The zero-order valence-electron chi connectivity index (χ0n) is 10.3. The molecular formula is C13H13NO2S3. The lowest BCUT2D eigenvalue weighted by Gasteiger charge is -2.08. The number of thiocarbonyl (C=S) groups is 1. The summed E-state index contributed by atoms with van der Waals surface area (Å²) < 4.78 is 26.6. The molecular weight excluding hydrogens is 298 g/mol. The molecule has 1 N–H and O–H groups in total. The van der Waals surface area contributed by atoms with Crippen LogP contribution in [0, 0.1) is 6.92 Å². The van der Waals surface area contributed by atoms with E-state index in [2.05, 4.69) is 4.72 Å². The van der Waals surface area contributed by atoms with Crippen LogP contribution in [0.15, 0.2) is 46.7 Å². The van der Waals surface area contributed by atoms with Crippen molar-refractivity contribution >= 4 is 38.6 Å². The zero-order chi connectivity index (χ0) is 13.9. The first-order chi connectivity index (χ1) is 8.97. The van der Waals surface area contributed by atoms with Crippen LogP contribution in [0.3, 0.4) is 0 Å². The maximum Gasteiger partial charge on any atom is 0.262 e. The Balaban J connectivity index is 2.09. The van der Waals surface area contributed by atoms with E-state index >= 15 is 0 Å². The minimum absolute atomic E-state index is 0.228. The van der Waals surface area contributed by atoms with Gasteiger partial charge in [-0.05, 0) is 30.5 Å². The predicted octanol–water partition coefficient (Wildman–Crippen LogP) is 2.90. The van der Waals surface area contributed by atoms with Crippen molar-refractivity contribution < 1.29 is 8.42 Å². The van der Waals surface area contributed by atoms with E-state index in [1.165, 1.54) is 0 Å². The van der Waals surface area contributed by atoms with Crippen LogP contribution < -0.4 is 4.72 Å². The lowest BCUT2D eigenvalue weighted by molar-refractivity contribution is 0.592. The molecule has 6 heteroatoms. The molecule has 0 spiro atoms. The van der Waals surface area contributed by atoms with Crippen molar-refractivity contribution in [3.8, 4) is 0 Å². The van der Waals surface area contributed by atoms with E-state index in [9.17, 15) is 8.42 Å². The van der Waals surface area contributed by atoms with Gasteiger partial charge < -0.3 is 0 Å². The summed E-state index contributed by atoms with van der Waals surface area (Å²) in [6.45, 7) is 1.91. The smallest absolute Gasteiger partial charge is 0.262 e. The van der Waals surface area contributed by atoms with Crippen LogP contribution in [-0.2, 0) is 16.4 Å². The van der Waals surface area contributed by atoms with Crippen LogP contribution >= 0.6 is 23.6 Å². The average Bonchev–Trinajstić information content (AvgIpc) is 2.81. The van der Waals surface area contributed by atoms with E-state index in [-0.39, 0.29) is 4.90 Å². The Morgan fingerprint density at radius 3 is 2.53 bits per heavy atom. The van der Waals surface area contributed by atoms with E-state index in [0.717, 1.165) is 10.4 Å². The summed E-state index contributed by atoms with van der Waals surface area (Å²) in [5.74, 6) is 0. The molecule has 0 bridgehead atoms. The van der Waals surface area contributed by atoms with Crippen molar-refractivity contribution in [2.24, 2.45) is 0 Å². The fourth-order valence-corrected chi connectivity index (χ4v) is 3.81. The Labute approximate surface area is 122 Å². The summed E-state index contributed by atoms with van der Waals surface area (Å²) >= 11 is 6.64. The van der Waals surface area contributed by atoms with Crippen LogP contribution in [0.1, 0.15) is 10.4 Å². The molecule has 0 fully saturated rings. The maximum atomic E-state index is 12.1. The highest BCUT2D eigenvalue weighted by Gasteiger charge is 2.15. The quantitative estimate of drug-likeness (QED) is 0.883. The van der Waals surface area contributed by atoms with Gasteiger partial charge in [-0.1, -0.05) is 36.0 Å². The summed E-state index contributed by atoms with van der Waals surface area (Å²) in [6.07, 6.45) is 0.443. The Morgan fingerprint density at radius 2 is 1.95 bits per heavy atom. The van der Waals surface area contributed by atoms with Crippen molar-refractivity contribution in [2.45, 2.75) is 18.2 Å². The summed E-state index contributed by atoms with van der Waals surface area (Å²) in [5.41, 5.74) is 1.01.